The highest BCUT2D eigenvalue weighted by Gasteiger charge is 2.20. The van der Waals surface area contributed by atoms with Gasteiger partial charge in [-0.1, -0.05) is 12.1 Å². The zero-order chi connectivity index (χ0) is 16.1. The molecule has 0 saturated heterocycles. The summed E-state index contributed by atoms with van der Waals surface area (Å²) in [6.45, 7) is 0.825. The molecule has 0 saturated carbocycles. The molecule has 0 spiro atoms. The van der Waals surface area contributed by atoms with Gasteiger partial charge in [-0.2, -0.15) is 0 Å². The van der Waals surface area contributed by atoms with Crippen LogP contribution in [0.5, 0.6) is 17.2 Å². The number of hydrogen-bond acceptors (Lipinski definition) is 5. The molecular formula is C17H17NO4S. The Morgan fingerprint density at radius 2 is 1.91 bits per heavy atom. The molecule has 0 unspecified atom stereocenters. The minimum absolute atomic E-state index is 0.0643. The number of amides is 1. The molecule has 120 valence electrons. The third kappa shape index (κ3) is 4.32. The molecule has 6 heteroatoms. The maximum absolute atomic E-state index is 11.9. The van der Waals surface area contributed by atoms with Crippen molar-refractivity contribution in [1.29, 1.82) is 0 Å². The van der Waals surface area contributed by atoms with Crippen molar-refractivity contribution in [2.45, 2.75) is 11.0 Å². The minimum Gasteiger partial charge on any atom is -0.508 e. The molecule has 2 aromatic carbocycles. The zero-order valence-corrected chi connectivity index (χ0v) is 13.2. The summed E-state index contributed by atoms with van der Waals surface area (Å²) >= 11 is 1.42. The molecule has 1 heterocycles. The monoisotopic (exact) mass is 331 g/mol. The van der Waals surface area contributed by atoms with E-state index in [0.29, 0.717) is 24.7 Å². The number of thioether (sulfide) groups is 1. The van der Waals surface area contributed by atoms with Gasteiger partial charge in [0, 0.05) is 4.90 Å². The van der Waals surface area contributed by atoms with Crippen molar-refractivity contribution in [2.24, 2.45) is 0 Å². The van der Waals surface area contributed by atoms with E-state index in [4.69, 9.17) is 9.47 Å². The Morgan fingerprint density at radius 3 is 2.70 bits per heavy atom. The number of para-hydroxylation sites is 2. The second kappa shape index (κ2) is 7.28. The van der Waals surface area contributed by atoms with Gasteiger partial charge in [-0.05, 0) is 36.4 Å². The molecule has 3 rings (SSSR count). The lowest BCUT2D eigenvalue weighted by Gasteiger charge is -2.26. The summed E-state index contributed by atoms with van der Waals surface area (Å²) < 4.78 is 11.4. The number of carbonyl (C=O) groups excluding carboxylic acids is 1. The van der Waals surface area contributed by atoms with E-state index < -0.39 is 0 Å². The molecule has 2 N–H and O–H groups in total. The fourth-order valence-electron chi connectivity index (χ4n) is 2.13. The van der Waals surface area contributed by atoms with Gasteiger partial charge in [0.15, 0.2) is 11.5 Å². The molecule has 0 aromatic heterocycles. The number of fused-ring (bicyclic) bond motifs is 1. The topological polar surface area (TPSA) is 67.8 Å². The lowest BCUT2D eigenvalue weighted by atomic mass is 10.2. The van der Waals surface area contributed by atoms with Crippen LogP contribution >= 0.6 is 11.8 Å². The highest BCUT2D eigenvalue weighted by atomic mass is 32.2. The number of nitrogens with one attached hydrogen (secondary N) is 1. The number of benzene rings is 2. The van der Waals surface area contributed by atoms with Crippen LogP contribution in [-0.4, -0.2) is 36.0 Å². The maximum Gasteiger partial charge on any atom is 0.230 e. The van der Waals surface area contributed by atoms with Crippen LogP contribution < -0.4 is 14.8 Å². The van der Waals surface area contributed by atoms with Crippen LogP contribution in [0, 0.1) is 0 Å². The van der Waals surface area contributed by atoms with Crippen molar-refractivity contribution in [3.05, 3.63) is 48.5 Å². The fraction of sp³-hybridized carbons (Fsp3) is 0.235. The Hall–Kier alpha value is -2.34. The fourth-order valence-corrected chi connectivity index (χ4v) is 2.86. The Balaban J connectivity index is 1.42. The summed E-state index contributed by atoms with van der Waals surface area (Å²) in [6.07, 6.45) is -0.187. The highest BCUT2D eigenvalue weighted by molar-refractivity contribution is 8.00. The smallest absolute Gasteiger partial charge is 0.230 e. The summed E-state index contributed by atoms with van der Waals surface area (Å²) in [7, 11) is 0. The van der Waals surface area contributed by atoms with Crippen LogP contribution in [0.4, 0.5) is 0 Å². The number of aromatic hydroxyl groups is 1. The molecular weight excluding hydrogens is 314 g/mol. The molecule has 1 amide bonds. The number of phenolic OH excluding ortho intramolecular Hbond substituents is 1. The van der Waals surface area contributed by atoms with Gasteiger partial charge >= 0.3 is 0 Å². The maximum atomic E-state index is 11.9. The van der Waals surface area contributed by atoms with Crippen LogP contribution in [0.2, 0.25) is 0 Å². The lowest BCUT2D eigenvalue weighted by Crippen LogP contribution is -2.41. The van der Waals surface area contributed by atoms with Crippen LogP contribution in [0.3, 0.4) is 0 Å². The van der Waals surface area contributed by atoms with Gasteiger partial charge in [-0.15, -0.1) is 11.8 Å². The number of ether oxygens (including phenoxy) is 2. The summed E-state index contributed by atoms with van der Waals surface area (Å²) in [6, 6.07) is 14.3. The van der Waals surface area contributed by atoms with E-state index in [1.54, 1.807) is 24.3 Å². The Kier molecular flexibility index (Phi) is 4.92. The lowest BCUT2D eigenvalue weighted by molar-refractivity contribution is -0.119. The standard InChI is InChI=1S/C17H17NO4S/c19-12-5-7-14(8-6-12)23-11-17(20)18-9-13-10-21-15-3-1-2-4-16(15)22-13/h1-8,13,19H,9-11H2,(H,18,20)/t13-/m0/s1. The number of carbonyl (C=O) groups is 1. The number of hydrogen-bond donors (Lipinski definition) is 2. The van der Waals surface area contributed by atoms with Crippen molar-refractivity contribution in [1.82, 2.24) is 5.32 Å². The summed E-state index contributed by atoms with van der Waals surface area (Å²) in [5.74, 6) is 1.91. The Bertz CT molecular complexity index is 675. The molecule has 0 bridgehead atoms. The zero-order valence-electron chi connectivity index (χ0n) is 12.4. The predicted molar refractivity (Wildman–Crippen MR) is 88.2 cm³/mol. The van der Waals surface area contributed by atoms with Gasteiger partial charge in [-0.3, -0.25) is 4.79 Å². The van der Waals surface area contributed by atoms with Crippen molar-refractivity contribution in [3.8, 4) is 17.2 Å². The Labute approximate surface area is 138 Å². The normalized spacial score (nSPS) is 15.9. The average Bonchev–Trinajstić information content (AvgIpc) is 2.59. The summed E-state index contributed by atoms with van der Waals surface area (Å²) in [4.78, 5) is 12.8. The SMILES string of the molecule is O=C(CSc1ccc(O)cc1)NC[C@H]1COc2ccccc2O1. The van der Waals surface area contributed by atoms with E-state index in [9.17, 15) is 9.90 Å². The molecule has 0 fully saturated rings. The van der Waals surface area contributed by atoms with Crippen molar-refractivity contribution < 1.29 is 19.4 Å². The van der Waals surface area contributed by atoms with Gasteiger partial charge in [0.25, 0.3) is 0 Å². The van der Waals surface area contributed by atoms with E-state index >= 15 is 0 Å². The number of rotatable bonds is 5. The first-order valence-electron chi connectivity index (χ1n) is 7.28. The molecule has 2 aromatic rings. The van der Waals surface area contributed by atoms with Gasteiger partial charge in [-0.25, -0.2) is 0 Å². The summed E-state index contributed by atoms with van der Waals surface area (Å²) in [5.41, 5.74) is 0. The van der Waals surface area contributed by atoms with Gasteiger partial charge in [0.2, 0.25) is 5.91 Å². The van der Waals surface area contributed by atoms with Gasteiger partial charge in [0.05, 0.1) is 12.3 Å². The first-order valence-corrected chi connectivity index (χ1v) is 8.26. The molecule has 5 nitrogen and oxygen atoms in total. The average molecular weight is 331 g/mol. The Morgan fingerprint density at radius 1 is 1.17 bits per heavy atom. The quantitative estimate of drug-likeness (QED) is 0.824. The molecule has 23 heavy (non-hydrogen) atoms. The van der Waals surface area contributed by atoms with E-state index in [1.165, 1.54) is 11.8 Å². The predicted octanol–water partition coefficient (Wildman–Crippen LogP) is 2.44. The highest BCUT2D eigenvalue weighted by Crippen LogP contribution is 2.30. The van der Waals surface area contributed by atoms with Crippen LogP contribution in [-0.2, 0) is 4.79 Å². The second-order valence-electron chi connectivity index (χ2n) is 5.08. The summed E-state index contributed by atoms with van der Waals surface area (Å²) in [5, 5.41) is 12.1. The van der Waals surface area contributed by atoms with Crippen molar-refractivity contribution in [3.63, 3.8) is 0 Å². The van der Waals surface area contributed by atoms with Crippen LogP contribution in [0.15, 0.2) is 53.4 Å². The first-order chi connectivity index (χ1) is 11.2. The van der Waals surface area contributed by atoms with E-state index in [2.05, 4.69) is 5.32 Å². The third-order valence-electron chi connectivity index (χ3n) is 3.30. The molecule has 0 aliphatic carbocycles. The van der Waals surface area contributed by atoms with Gasteiger partial charge in [0.1, 0.15) is 18.5 Å². The molecule has 1 aliphatic rings. The third-order valence-corrected chi connectivity index (χ3v) is 4.31. The van der Waals surface area contributed by atoms with Crippen LogP contribution in [0.25, 0.3) is 0 Å². The first kappa shape index (κ1) is 15.6. The van der Waals surface area contributed by atoms with E-state index in [1.807, 2.05) is 24.3 Å². The van der Waals surface area contributed by atoms with Gasteiger partial charge < -0.3 is 19.9 Å². The molecule has 0 radical (unpaired) electrons. The van der Waals surface area contributed by atoms with Crippen LogP contribution in [0.1, 0.15) is 0 Å². The molecule has 1 atom stereocenters. The van der Waals surface area contributed by atoms with E-state index in [-0.39, 0.29) is 17.8 Å². The van der Waals surface area contributed by atoms with Crippen molar-refractivity contribution >= 4 is 17.7 Å². The number of phenols is 1. The largest absolute Gasteiger partial charge is 0.508 e. The molecule has 1 aliphatic heterocycles. The minimum atomic E-state index is -0.187. The second-order valence-corrected chi connectivity index (χ2v) is 6.13. The van der Waals surface area contributed by atoms with Crippen molar-refractivity contribution in [2.75, 3.05) is 18.9 Å². The van der Waals surface area contributed by atoms with E-state index in [0.717, 1.165) is 10.6 Å².